The van der Waals surface area contributed by atoms with Crippen LogP contribution in [0.25, 0.3) is 0 Å². The number of aromatic nitrogens is 2. The number of para-hydroxylation sites is 2. The fourth-order valence-corrected chi connectivity index (χ4v) is 1.31. The molecular weight excluding hydrogens is 190 g/mol. The molecule has 2 N–H and O–H groups in total. The Hall–Kier alpha value is -1.97. The predicted molar refractivity (Wildman–Crippen MR) is 58.4 cm³/mol. The van der Waals surface area contributed by atoms with Crippen molar-refractivity contribution >= 4 is 5.69 Å². The molecule has 15 heavy (non-hydrogen) atoms. The number of hydrogen-bond acceptors (Lipinski definition) is 3. The lowest BCUT2D eigenvalue weighted by molar-refractivity contribution is 0.296. The van der Waals surface area contributed by atoms with Crippen molar-refractivity contribution in [2.24, 2.45) is 7.05 Å². The van der Waals surface area contributed by atoms with Crippen LogP contribution >= 0.6 is 0 Å². The Balaban J connectivity index is 2.06. The lowest BCUT2D eigenvalue weighted by atomic mass is 10.3. The van der Waals surface area contributed by atoms with E-state index in [1.165, 1.54) is 0 Å². The van der Waals surface area contributed by atoms with E-state index in [4.69, 9.17) is 10.5 Å². The van der Waals surface area contributed by atoms with Gasteiger partial charge in [-0.3, -0.25) is 4.68 Å². The molecule has 0 aliphatic carbocycles. The summed E-state index contributed by atoms with van der Waals surface area (Å²) in [6, 6.07) is 9.37. The molecule has 0 aliphatic rings. The van der Waals surface area contributed by atoms with Gasteiger partial charge in [0.25, 0.3) is 0 Å². The van der Waals surface area contributed by atoms with Gasteiger partial charge in [0.05, 0.1) is 11.4 Å². The first kappa shape index (κ1) is 9.58. The van der Waals surface area contributed by atoms with Crippen LogP contribution in [-0.2, 0) is 13.7 Å². The Morgan fingerprint density at radius 2 is 2.13 bits per heavy atom. The standard InChI is InChI=1S/C11H13N3O/c1-14-9(6-7-13-14)8-15-11-5-3-2-4-10(11)12/h2-7H,8,12H2,1H3. The van der Waals surface area contributed by atoms with Gasteiger partial charge in [-0.05, 0) is 18.2 Å². The smallest absolute Gasteiger partial charge is 0.142 e. The molecule has 4 heteroatoms. The van der Waals surface area contributed by atoms with Crippen LogP contribution in [-0.4, -0.2) is 9.78 Å². The summed E-state index contributed by atoms with van der Waals surface area (Å²) in [5.74, 6) is 0.707. The van der Waals surface area contributed by atoms with E-state index >= 15 is 0 Å². The van der Waals surface area contributed by atoms with Crippen LogP contribution in [0, 0.1) is 0 Å². The second kappa shape index (κ2) is 4.04. The van der Waals surface area contributed by atoms with Gasteiger partial charge in [0.2, 0.25) is 0 Å². The number of nitrogens with two attached hydrogens (primary N) is 1. The minimum Gasteiger partial charge on any atom is -0.485 e. The zero-order valence-corrected chi connectivity index (χ0v) is 8.55. The van der Waals surface area contributed by atoms with E-state index in [-0.39, 0.29) is 0 Å². The topological polar surface area (TPSA) is 53.1 Å². The molecule has 0 unspecified atom stereocenters. The van der Waals surface area contributed by atoms with Crippen molar-refractivity contribution in [3.63, 3.8) is 0 Å². The lowest BCUT2D eigenvalue weighted by Crippen LogP contribution is -2.04. The first-order valence-corrected chi connectivity index (χ1v) is 4.71. The summed E-state index contributed by atoms with van der Waals surface area (Å²) in [5.41, 5.74) is 7.42. The maximum absolute atomic E-state index is 5.75. The van der Waals surface area contributed by atoms with Crippen molar-refractivity contribution in [1.82, 2.24) is 9.78 Å². The molecule has 2 rings (SSSR count). The van der Waals surface area contributed by atoms with Gasteiger partial charge in [0.15, 0.2) is 0 Å². The molecule has 0 saturated heterocycles. The fourth-order valence-electron chi connectivity index (χ4n) is 1.31. The van der Waals surface area contributed by atoms with E-state index in [0.717, 1.165) is 5.69 Å². The summed E-state index contributed by atoms with van der Waals surface area (Å²) in [6.45, 7) is 0.477. The fraction of sp³-hybridized carbons (Fsp3) is 0.182. The molecule has 78 valence electrons. The Morgan fingerprint density at radius 3 is 2.80 bits per heavy atom. The van der Waals surface area contributed by atoms with Crippen LogP contribution in [0.5, 0.6) is 5.75 Å². The number of aryl methyl sites for hydroxylation is 1. The van der Waals surface area contributed by atoms with Crippen LogP contribution in [0.2, 0.25) is 0 Å². The molecular formula is C11H13N3O. The van der Waals surface area contributed by atoms with Crippen LogP contribution in [0.1, 0.15) is 5.69 Å². The van der Waals surface area contributed by atoms with Crippen molar-refractivity contribution in [1.29, 1.82) is 0 Å². The van der Waals surface area contributed by atoms with Gasteiger partial charge in [-0.25, -0.2) is 0 Å². The van der Waals surface area contributed by atoms with Gasteiger partial charge < -0.3 is 10.5 Å². The number of ether oxygens (including phenoxy) is 1. The number of nitrogens with zero attached hydrogens (tertiary/aromatic N) is 2. The summed E-state index contributed by atoms with van der Waals surface area (Å²) in [4.78, 5) is 0. The molecule has 1 aromatic heterocycles. The monoisotopic (exact) mass is 203 g/mol. The number of benzene rings is 1. The maximum atomic E-state index is 5.75. The highest BCUT2D eigenvalue weighted by Gasteiger charge is 2.01. The first-order chi connectivity index (χ1) is 7.27. The quantitative estimate of drug-likeness (QED) is 0.770. The molecule has 4 nitrogen and oxygen atoms in total. The third kappa shape index (κ3) is 2.10. The van der Waals surface area contributed by atoms with Crippen molar-refractivity contribution in [2.75, 3.05) is 5.73 Å². The Morgan fingerprint density at radius 1 is 1.33 bits per heavy atom. The Labute approximate surface area is 88.3 Å². The lowest BCUT2D eigenvalue weighted by Gasteiger charge is -2.08. The summed E-state index contributed by atoms with van der Waals surface area (Å²) < 4.78 is 7.35. The van der Waals surface area contributed by atoms with Gasteiger partial charge >= 0.3 is 0 Å². The average molecular weight is 203 g/mol. The predicted octanol–water partition coefficient (Wildman–Crippen LogP) is 1.58. The molecule has 0 bridgehead atoms. The van der Waals surface area contributed by atoms with Gasteiger partial charge in [0, 0.05) is 13.2 Å². The highest BCUT2D eigenvalue weighted by atomic mass is 16.5. The van der Waals surface area contributed by atoms with Crippen LogP contribution in [0.3, 0.4) is 0 Å². The highest BCUT2D eigenvalue weighted by Crippen LogP contribution is 2.20. The molecule has 0 atom stereocenters. The number of nitrogen functional groups attached to an aromatic ring is 1. The maximum Gasteiger partial charge on any atom is 0.142 e. The van der Waals surface area contributed by atoms with E-state index in [9.17, 15) is 0 Å². The number of rotatable bonds is 3. The van der Waals surface area contributed by atoms with E-state index in [0.29, 0.717) is 18.0 Å². The molecule has 0 saturated carbocycles. The van der Waals surface area contributed by atoms with Crippen LogP contribution in [0.4, 0.5) is 5.69 Å². The molecule has 1 heterocycles. The number of hydrogen-bond donors (Lipinski definition) is 1. The second-order valence-electron chi connectivity index (χ2n) is 3.27. The van der Waals surface area contributed by atoms with E-state index in [2.05, 4.69) is 5.10 Å². The van der Waals surface area contributed by atoms with Gasteiger partial charge in [-0.1, -0.05) is 12.1 Å². The van der Waals surface area contributed by atoms with Crippen molar-refractivity contribution < 1.29 is 4.74 Å². The zero-order chi connectivity index (χ0) is 10.7. The van der Waals surface area contributed by atoms with Crippen molar-refractivity contribution in [3.05, 3.63) is 42.2 Å². The largest absolute Gasteiger partial charge is 0.485 e. The molecule has 0 aliphatic heterocycles. The van der Waals surface area contributed by atoms with Crippen molar-refractivity contribution in [3.8, 4) is 5.75 Å². The van der Waals surface area contributed by atoms with E-state index < -0.39 is 0 Å². The van der Waals surface area contributed by atoms with Crippen LogP contribution in [0.15, 0.2) is 36.5 Å². The number of anilines is 1. The normalized spacial score (nSPS) is 10.2. The Bertz CT molecular complexity index is 451. The third-order valence-corrected chi connectivity index (χ3v) is 2.22. The van der Waals surface area contributed by atoms with Crippen molar-refractivity contribution in [2.45, 2.75) is 6.61 Å². The molecule has 0 amide bonds. The van der Waals surface area contributed by atoms with E-state index in [1.807, 2.05) is 37.4 Å². The molecule has 2 aromatic rings. The van der Waals surface area contributed by atoms with Gasteiger partial charge in [-0.15, -0.1) is 0 Å². The van der Waals surface area contributed by atoms with E-state index in [1.54, 1.807) is 10.9 Å². The summed E-state index contributed by atoms with van der Waals surface area (Å²) in [7, 11) is 1.88. The summed E-state index contributed by atoms with van der Waals surface area (Å²) >= 11 is 0. The highest BCUT2D eigenvalue weighted by molar-refractivity contribution is 5.51. The summed E-state index contributed by atoms with van der Waals surface area (Å²) in [5, 5.41) is 4.06. The molecule has 0 fully saturated rings. The summed E-state index contributed by atoms with van der Waals surface area (Å²) in [6.07, 6.45) is 1.74. The van der Waals surface area contributed by atoms with Crippen LogP contribution < -0.4 is 10.5 Å². The zero-order valence-electron chi connectivity index (χ0n) is 8.55. The SMILES string of the molecule is Cn1nccc1COc1ccccc1N. The molecule has 0 radical (unpaired) electrons. The van der Waals surface area contributed by atoms with Gasteiger partial charge in [0.1, 0.15) is 12.4 Å². The molecule has 0 spiro atoms. The Kier molecular flexibility index (Phi) is 2.58. The minimum atomic E-state index is 0.477. The van der Waals surface area contributed by atoms with Gasteiger partial charge in [-0.2, -0.15) is 5.10 Å². The average Bonchev–Trinajstić information content (AvgIpc) is 2.63. The second-order valence-corrected chi connectivity index (χ2v) is 3.27. The minimum absolute atomic E-state index is 0.477. The third-order valence-electron chi connectivity index (χ3n) is 2.22. The molecule has 1 aromatic carbocycles. The first-order valence-electron chi connectivity index (χ1n) is 4.71.